The Kier molecular flexibility index (Phi) is 8.00. The minimum absolute atomic E-state index is 0.0831. The molecule has 0 radical (unpaired) electrons. The third-order valence-electron chi connectivity index (χ3n) is 5.40. The summed E-state index contributed by atoms with van der Waals surface area (Å²) in [7, 11) is 0.954. The summed E-state index contributed by atoms with van der Waals surface area (Å²) in [5.74, 6) is 1.65. The van der Waals surface area contributed by atoms with Crippen LogP contribution in [0.2, 0.25) is 0 Å². The van der Waals surface area contributed by atoms with Crippen LogP contribution >= 0.6 is 0 Å². The van der Waals surface area contributed by atoms with Crippen molar-refractivity contribution in [3.05, 3.63) is 42.5 Å². The Labute approximate surface area is 184 Å². The zero-order valence-electron chi connectivity index (χ0n) is 18.3. The van der Waals surface area contributed by atoms with Crippen LogP contribution in [0.3, 0.4) is 0 Å². The predicted octanol–water partition coefficient (Wildman–Crippen LogP) is 2.20. The van der Waals surface area contributed by atoms with Gasteiger partial charge < -0.3 is 19.1 Å². The van der Waals surface area contributed by atoms with Crippen LogP contribution in [-0.4, -0.2) is 73.9 Å². The van der Waals surface area contributed by atoms with Crippen LogP contribution in [-0.2, 0) is 10.0 Å². The number of hydrogen-bond acceptors (Lipinski definition) is 7. The van der Waals surface area contributed by atoms with Crippen LogP contribution < -0.4 is 23.8 Å². The van der Waals surface area contributed by atoms with Gasteiger partial charge in [-0.05, 0) is 37.2 Å². The molecule has 2 aromatic rings. The monoisotopic (exact) mass is 449 g/mol. The normalized spacial score (nSPS) is 15.0. The molecule has 1 aliphatic heterocycles. The van der Waals surface area contributed by atoms with Gasteiger partial charge in [-0.3, -0.25) is 4.90 Å². The molecule has 9 heteroatoms. The van der Waals surface area contributed by atoms with Crippen LogP contribution in [0, 0.1) is 0 Å². The Hall–Kier alpha value is -2.49. The first-order valence-electron chi connectivity index (χ1n) is 10.3. The molecule has 0 bridgehead atoms. The molecule has 1 fully saturated rings. The zero-order valence-corrected chi connectivity index (χ0v) is 19.2. The number of ether oxygens (including phenoxy) is 3. The molecule has 1 heterocycles. The number of piperazine rings is 1. The summed E-state index contributed by atoms with van der Waals surface area (Å²) in [4.78, 5) is 4.76. The average molecular weight is 450 g/mol. The van der Waals surface area contributed by atoms with Crippen LogP contribution in [0.25, 0.3) is 0 Å². The van der Waals surface area contributed by atoms with Crippen LogP contribution in [0.1, 0.15) is 6.42 Å². The van der Waals surface area contributed by atoms with Crippen LogP contribution in [0.15, 0.2) is 47.4 Å². The average Bonchev–Trinajstić information content (AvgIpc) is 2.81. The molecule has 31 heavy (non-hydrogen) atoms. The molecule has 8 nitrogen and oxygen atoms in total. The van der Waals surface area contributed by atoms with E-state index in [1.807, 2.05) is 18.2 Å². The van der Waals surface area contributed by atoms with Gasteiger partial charge in [0.2, 0.25) is 10.0 Å². The first-order chi connectivity index (χ1) is 15.0. The summed E-state index contributed by atoms with van der Waals surface area (Å²) < 4.78 is 43.9. The van der Waals surface area contributed by atoms with Crippen molar-refractivity contribution in [3.8, 4) is 17.2 Å². The van der Waals surface area contributed by atoms with E-state index < -0.39 is 10.0 Å². The maximum atomic E-state index is 12.7. The Morgan fingerprint density at radius 1 is 0.903 bits per heavy atom. The number of anilines is 1. The van der Waals surface area contributed by atoms with Crippen molar-refractivity contribution >= 4 is 15.7 Å². The second kappa shape index (κ2) is 10.7. The highest BCUT2D eigenvalue weighted by atomic mass is 32.2. The highest BCUT2D eigenvalue weighted by molar-refractivity contribution is 7.89. The quantitative estimate of drug-likeness (QED) is 0.557. The minimum Gasteiger partial charge on any atom is -0.497 e. The van der Waals surface area contributed by atoms with Crippen molar-refractivity contribution < 1.29 is 22.6 Å². The van der Waals surface area contributed by atoms with E-state index in [1.54, 1.807) is 19.2 Å². The van der Waals surface area contributed by atoms with Crippen molar-refractivity contribution in [3.63, 3.8) is 0 Å². The van der Waals surface area contributed by atoms with Gasteiger partial charge in [0, 0.05) is 38.8 Å². The summed E-state index contributed by atoms with van der Waals surface area (Å²) in [5.41, 5.74) is 1.12. The Balaban J connectivity index is 1.47. The number of sulfonamides is 1. The molecule has 0 saturated carbocycles. The van der Waals surface area contributed by atoms with E-state index in [0.29, 0.717) is 18.0 Å². The fraction of sp³-hybridized carbons (Fsp3) is 0.455. The summed E-state index contributed by atoms with van der Waals surface area (Å²) in [6.07, 6.45) is 0.722. The molecule has 170 valence electrons. The number of benzene rings is 2. The largest absolute Gasteiger partial charge is 0.497 e. The van der Waals surface area contributed by atoms with Crippen molar-refractivity contribution in [1.82, 2.24) is 9.62 Å². The lowest BCUT2D eigenvalue weighted by molar-refractivity contribution is 0.254. The highest BCUT2D eigenvalue weighted by Gasteiger charge is 2.21. The van der Waals surface area contributed by atoms with Gasteiger partial charge in [0.05, 0.1) is 27.0 Å². The summed E-state index contributed by atoms with van der Waals surface area (Å²) in [6.45, 7) is 4.86. The van der Waals surface area contributed by atoms with Gasteiger partial charge in [-0.25, -0.2) is 13.1 Å². The molecule has 3 rings (SSSR count). The van der Waals surface area contributed by atoms with Crippen molar-refractivity contribution in [2.24, 2.45) is 0 Å². The van der Waals surface area contributed by atoms with E-state index >= 15 is 0 Å². The van der Waals surface area contributed by atoms with Gasteiger partial charge in [-0.1, -0.05) is 12.1 Å². The summed E-state index contributed by atoms with van der Waals surface area (Å²) in [5, 5.41) is 0. The number of para-hydroxylation sites is 2. The minimum atomic E-state index is -3.69. The molecule has 1 saturated heterocycles. The molecular formula is C22H31N3O5S. The highest BCUT2D eigenvalue weighted by Crippen LogP contribution is 2.29. The Morgan fingerprint density at radius 3 is 2.29 bits per heavy atom. The summed E-state index contributed by atoms with van der Waals surface area (Å²) in [6, 6.07) is 12.8. The maximum absolute atomic E-state index is 12.7. The lowest BCUT2D eigenvalue weighted by Gasteiger charge is -2.36. The second-order valence-electron chi connectivity index (χ2n) is 7.27. The summed E-state index contributed by atoms with van der Waals surface area (Å²) >= 11 is 0. The first kappa shape index (κ1) is 23.2. The van der Waals surface area contributed by atoms with E-state index in [-0.39, 0.29) is 4.90 Å². The molecule has 0 amide bonds. The van der Waals surface area contributed by atoms with Gasteiger partial charge in [-0.2, -0.15) is 0 Å². The molecule has 1 aliphatic rings. The number of nitrogens with one attached hydrogen (secondary N) is 1. The fourth-order valence-corrected chi connectivity index (χ4v) is 4.94. The maximum Gasteiger partial charge on any atom is 0.244 e. The predicted molar refractivity (Wildman–Crippen MR) is 121 cm³/mol. The second-order valence-corrected chi connectivity index (χ2v) is 9.00. The Bertz CT molecular complexity index is 959. The van der Waals surface area contributed by atoms with Gasteiger partial charge in [-0.15, -0.1) is 0 Å². The topological polar surface area (TPSA) is 80.3 Å². The van der Waals surface area contributed by atoms with Crippen molar-refractivity contribution in [2.45, 2.75) is 11.3 Å². The number of hydrogen-bond donors (Lipinski definition) is 1. The van der Waals surface area contributed by atoms with Gasteiger partial charge >= 0.3 is 0 Å². The van der Waals surface area contributed by atoms with E-state index in [1.165, 1.54) is 20.3 Å². The molecule has 2 aromatic carbocycles. The SMILES string of the molecule is COc1ccc(OC)c(S(=O)(=O)NCCCN2CCN(c3ccccc3OC)CC2)c1. The van der Waals surface area contributed by atoms with E-state index in [9.17, 15) is 8.42 Å². The number of methoxy groups -OCH3 is 3. The molecule has 0 aromatic heterocycles. The first-order valence-corrected chi connectivity index (χ1v) is 11.8. The molecule has 1 N–H and O–H groups in total. The lowest BCUT2D eigenvalue weighted by Crippen LogP contribution is -2.47. The molecular weight excluding hydrogens is 418 g/mol. The smallest absolute Gasteiger partial charge is 0.244 e. The van der Waals surface area contributed by atoms with E-state index in [2.05, 4.69) is 20.6 Å². The van der Waals surface area contributed by atoms with E-state index in [0.717, 1.165) is 50.6 Å². The fourth-order valence-electron chi connectivity index (χ4n) is 3.68. The van der Waals surface area contributed by atoms with Crippen LogP contribution in [0.5, 0.6) is 17.2 Å². The molecule has 0 aliphatic carbocycles. The van der Waals surface area contributed by atoms with Gasteiger partial charge in [0.25, 0.3) is 0 Å². The van der Waals surface area contributed by atoms with Gasteiger partial charge in [0.15, 0.2) is 0 Å². The van der Waals surface area contributed by atoms with Crippen molar-refractivity contribution in [2.75, 3.05) is 65.5 Å². The zero-order chi connectivity index (χ0) is 22.3. The molecule has 0 unspecified atom stereocenters. The lowest BCUT2D eigenvalue weighted by atomic mass is 10.2. The standard InChI is InChI=1S/C22H31N3O5S/c1-28-18-9-10-21(30-3)22(17-18)31(26,27)23-11-6-12-24-13-15-25(16-14-24)19-7-4-5-8-20(19)29-2/h4-5,7-10,17,23H,6,11-16H2,1-3H3. The Morgan fingerprint density at radius 2 is 1.61 bits per heavy atom. The third kappa shape index (κ3) is 5.81. The van der Waals surface area contributed by atoms with Gasteiger partial charge in [0.1, 0.15) is 22.1 Å². The number of rotatable bonds is 10. The molecule has 0 atom stereocenters. The third-order valence-corrected chi connectivity index (χ3v) is 6.88. The van der Waals surface area contributed by atoms with Crippen molar-refractivity contribution in [1.29, 1.82) is 0 Å². The van der Waals surface area contributed by atoms with E-state index in [4.69, 9.17) is 14.2 Å². The van der Waals surface area contributed by atoms with Crippen LogP contribution in [0.4, 0.5) is 5.69 Å². The molecule has 0 spiro atoms. The number of nitrogens with zero attached hydrogens (tertiary/aromatic N) is 2.